The first-order valence-corrected chi connectivity index (χ1v) is 14.2. The summed E-state index contributed by atoms with van der Waals surface area (Å²) >= 11 is 0. The van der Waals surface area contributed by atoms with Gasteiger partial charge in [-0.3, -0.25) is 9.59 Å². The summed E-state index contributed by atoms with van der Waals surface area (Å²) in [4.78, 5) is 25.1. The molecule has 0 unspecified atom stereocenters. The Bertz CT molecular complexity index is 881. The lowest BCUT2D eigenvalue weighted by molar-refractivity contribution is -0.189. The Hall–Kier alpha value is -0.900. The molecule has 10 atom stereocenters. The third-order valence-corrected chi connectivity index (χ3v) is 13.1. The monoisotopic (exact) mass is 472 g/mol. The van der Waals surface area contributed by atoms with Gasteiger partial charge in [-0.2, -0.15) is 0 Å². The summed E-state index contributed by atoms with van der Waals surface area (Å²) in [6.07, 6.45) is 10.5. The van der Waals surface area contributed by atoms with Gasteiger partial charge in [0.25, 0.3) is 0 Å². The van der Waals surface area contributed by atoms with Crippen LogP contribution in [0.2, 0.25) is 0 Å². The van der Waals surface area contributed by atoms with Crippen LogP contribution >= 0.6 is 0 Å². The van der Waals surface area contributed by atoms with Crippen molar-refractivity contribution >= 4 is 11.8 Å². The molecule has 192 valence electrons. The Morgan fingerprint density at radius 2 is 1.47 bits per heavy atom. The second-order valence-electron chi connectivity index (χ2n) is 14.6. The number of rotatable bonds is 6. The highest BCUT2D eigenvalue weighted by atomic mass is 16.4. The van der Waals surface area contributed by atoms with Gasteiger partial charge >= 0.3 is 5.97 Å². The molecule has 0 amide bonds. The molecule has 0 aromatic heterocycles. The summed E-state index contributed by atoms with van der Waals surface area (Å²) in [5.41, 5.74) is -0.0508. The van der Waals surface area contributed by atoms with Crippen LogP contribution in [0.5, 0.6) is 0 Å². The molecule has 5 aliphatic rings. The maximum absolute atomic E-state index is 12.7. The molecule has 5 saturated carbocycles. The summed E-state index contributed by atoms with van der Waals surface area (Å²) in [6.45, 7) is 13.6. The maximum Gasteiger partial charge on any atom is 0.312 e. The second kappa shape index (κ2) is 7.56. The summed E-state index contributed by atoms with van der Waals surface area (Å²) in [7, 11) is 0. The van der Waals surface area contributed by atoms with Gasteiger partial charge in [-0.05, 0) is 116 Å². The van der Waals surface area contributed by atoms with Gasteiger partial charge in [-0.15, -0.1) is 0 Å². The highest BCUT2D eigenvalue weighted by Crippen LogP contribution is 2.89. The first kappa shape index (κ1) is 24.8. The van der Waals surface area contributed by atoms with E-state index in [2.05, 4.69) is 34.6 Å². The summed E-state index contributed by atoms with van der Waals surface area (Å²) < 4.78 is 0. The molecular weight excluding hydrogens is 424 g/mol. The average Bonchev–Trinajstić information content (AvgIpc) is 3.32. The van der Waals surface area contributed by atoms with Gasteiger partial charge in [0, 0.05) is 12.8 Å². The van der Waals surface area contributed by atoms with E-state index in [1.54, 1.807) is 0 Å². The average molecular weight is 473 g/mol. The summed E-state index contributed by atoms with van der Waals surface area (Å²) in [5, 5.41) is 21.0. The van der Waals surface area contributed by atoms with E-state index in [9.17, 15) is 19.8 Å². The third-order valence-electron chi connectivity index (χ3n) is 13.1. The molecular formula is C30H48O4. The predicted octanol–water partition coefficient (Wildman–Crippen LogP) is 6.49. The molecule has 0 aliphatic heterocycles. The molecule has 0 bridgehead atoms. The van der Waals surface area contributed by atoms with Crippen molar-refractivity contribution in [1.29, 1.82) is 0 Å². The van der Waals surface area contributed by atoms with Crippen LogP contribution in [0.15, 0.2) is 0 Å². The van der Waals surface area contributed by atoms with E-state index in [1.165, 1.54) is 32.1 Å². The lowest BCUT2D eigenvalue weighted by atomic mass is 9.41. The van der Waals surface area contributed by atoms with Crippen molar-refractivity contribution in [2.45, 2.75) is 118 Å². The van der Waals surface area contributed by atoms with Gasteiger partial charge in [-0.25, -0.2) is 0 Å². The molecule has 4 heteroatoms. The zero-order valence-corrected chi connectivity index (χ0v) is 22.5. The van der Waals surface area contributed by atoms with Crippen molar-refractivity contribution in [2.24, 2.45) is 56.7 Å². The highest BCUT2D eigenvalue weighted by molar-refractivity contribution is 5.78. The molecule has 0 aromatic rings. The van der Waals surface area contributed by atoms with Gasteiger partial charge in [-0.1, -0.05) is 34.6 Å². The Balaban J connectivity index is 1.42. The fraction of sp³-hybridized carbons (Fsp3) is 0.933. The number of carbonyl (C=O) groups excluding carboxylic acids is 1. The Morgan fingerprint density at radius 1 is 0.824 bits per heavy atom. The minimum atomic E-state index is -1.00. The van der Waals surface area contributed by atoms with Crippen LogP contribution in [-0.2, 0) is 9.59 Å². The molecule has 34 heavy (non-hydrogen) atoms. The fourth-order valence-electron chi connectivity index (χ4n) is 11.3. The maximum atomic E-state index is 12.7. The van der Waals surface area contributed by atoms with Crippen LogP contribution in [0, 0.1) is 56.7 Å². The van der Waals surface area contributed by atoms with E-state index in [1.807, 2.05) is 6.92 Å². The van der Waals surface area contributed by atoms with E-state index < -0.39 is 17.5 Å². The van der Waals surface area contributed by atoms with Gasteiger partial charge in [0.2, 0.25) is 0 Å². The Kier molecular flexibility index (Phi) is 5.51. The number of Topliss-reactive ketones (excluding diaryl/α,β-unsaturated/α-hetero) is 1. The van der Waals surface area contributed by atoms with Crippen molar-refractivity contribution < 1.29 is 19.8 Å². The number of carbonyl (C=O) groups is 2. The standard InChI is InChI=1S/C30H48O4/c1-18(2)15-20(31)16-19(3)21-9-11-27(5)22-7-8-23-28(6,25(33)34)24(32)10-12-29(23)17-30(22,29)14-13-26(21,27)4/h18-19,21-24,32H,7-17H2,1-6H3,(H,33,34)/t19-,21-,22+,23-,24+,26-,27+,28+,29-,30+/m1/s1. The minimum absolute atomic E-state index is 0.107. The van der Waals surface area contributed by atoms with E-state index in [4.69, 9.17) is 0 Å². The smallest absolute Gasteiger partial charge is 0.312 e. The molecule has 4 nitrogen and oxygen atoms in total. The number of fused-ring (bicyclic) bond motifs is 2. The third kappa shape index (κ3) is 2.87. The number of aliphatic carboxylic acids is 1. The van der Waals surface area contributed by atoms with Crippen molar-refractivity contribution in [1.82, 2.24) is 0 Å². The number of aliphatic hydroxyl groups is 1. The largest absolute Gasteiger partial charge is 0.481 e. The van der Waals surface area contributed by atoms with E-state index in [-0.39, 0.29) is 27.6 Å². The van der Waals surface area contributed by atoms with Gasteiger partial charge in [0.1, 0.15) is 5.78 Å². The van der Waals surface area contributed by atoms with Crippen LogP contribution in [-0.4, -0.2) is 28.1 Å². The molecule has 0 radical (unpaired) electrons. The first-order chi connectivity index (χ1) is 15.8. The van der Waals surface area contributed by atoms with Crippen molar-refractivity contribution in [2.75, 3.05) is 0 Å². The Morgan fingerprint density at radius 3 is 2.12 bits per heavy atom. The van der Waals surface area contributed by atoms with Crippen molar-refractivity contribution in [3.05, 3.63) is 0 Å². The number of hydrogen-bond acceptors (Lipinski definition) is 3. The molecule has 5 aliphatic carbocycles. The normalized spacial score (nSPS) is 52.2. The molecule has 0 saturated heterocycles. The van der Waals surface area contributed by atoms with E-state index in [0.29, 0.717) is 42.3 Å². The van der Waals surface area contributed by atoms with Gasteiger partial charge in [0.05, 0.1) is 11.5 Å². The van der Waals surface area contributed by atoms with Gasteiger partial charge in [0.15, 0.2) is 0 Å². The number of carboxylic acid groups (broad SMARTS) is 1. The number of aliphatic hydroxyl groups excluding tert-OH is 1. The van der Waals surface area contributed by atoms with E-state index >= 15 is 0 Å². The SMILES string of the molecule is CC(C)CC(=O)C[C@@H](C)[C@H]1CC[C@@]2(C)[C@@H]3CC[C@@H]4[C@](C)(C(=O)O)[C@@H](O)CC[C@@]45C[C@@]35CC[C@]12C. The number of carboxylic acids is 1. The van der Waals surface area contributed by atoms with Crippen molar-refractivity contribution in [3.8, 4) is 0 Å². The lowest BCUT2D eigenvalue weighted by Gasteiger charge is -2.63. The molecule has 5 rings (SSSR count). The highest BCUT2D eigenvalue weighted by Gasteiger charge is 2.83. The molecule has 2 spiro atoms. The lowest BCUT2D eigenvalue weighted by Crippen LogP contribution is -2.60. The Labute approximate surface area is 206 Å². The second-order valence-corrected chi connectivity index (χ2v) is 14.6. The van der Waals surface area contributed by atoms with Crippen LogP contribution in [0.25, 0.3) is 0 Å². The predicted molar refractivity (Wildman–Crippen MR) is 133 cm³/mol. The van der Waals surface area contributed by atoms with E-state index in [0.717, 1.165) is 25.7 Å². The van der Waals surface area contributed by atoms with Crippen LogP contribution in [0.3, 0.4) is 0 Å². The zero-order valence-electron chi connectivity index (χ0n) is 22.5. The molecule has 2 N–H and O–H groups in total. The van der Waals surface area contributed by atoms with Crippen LogP contribution in [0.4, 0.5) is 0 Å². The first-order valence-electron chi connectivity index (χ1n) is 14.2. The van der Waals surface area contributed by atoms with Gasteiger partial charge < -0.3 is 10.2 Å². The summed E-state index contributed by atoms with van der Waals surface area (Å²) in [6, 6.07) is 0. The topological polar surface area (TPSA) is 74.6 Å². The molecule has 0 heterocycles. The fourth-order valence-corrected chi connectivity index (χ4v) is 11.3. The number of hydrogen-bond donors (Lipinski definition) is 2. The molecule has 5 fully saturated rings. The minimum Gasteiger partial charge on any atom is -0.481 e. The number of ketones is 1. The van der Waals surface area contributed by atoms with Crippen molar-refractivity contribution in [3.63, 3.8) is 0 Å². The summed E-state index contributed by atoms with van der Waals surface area (Å²) in [5.74, 6) is 1.89. The zero-order chi connectivity index (χ0) is 24.9. The van der Waals surface area contributed by atoms with Crippen LogP contribution in [0.1, 0.15) is 112 Å². The quantitative estimate of drug-likeness (QED) is 0.463. The van der Waals surface area contributed by atoms with Crippen LogP contribution < -0.4 is 0 Å². The molecule has 0 aromatic carbocycles.